The van der Waals surface area contributed by atoms with Gasteiger partial charge in [0.25, 0.3) is 0 Å². The van der Waals surface area contributed by atoms with Crippen molar-refractivity contribution in [3.05, 3.63) is 59.7 Å². The molecule has 2 aromatic rings. The van der Waals surface area contributed by atoms with Crippen molar-refractivity contribution >= 4 is 17.9 Å². The zero-order chi connectivity index (χ0) is 37.6. The van der Waals surface area contributed by atoms with Gasteiger partial charge in [-0.15, -0.1) is 0 Å². The standard InChI is InChI=1S/C44H65NO7/c1-7-8-11-14-33-15-17-34(18-16-33)35-19-25-38(26-20-35)52-42(48)36-21-23-37(24-22-36)49-29-12-9-10-13-30-50-40(46)27-28-41(47)51-39-31-43(2,3)45(6)44(4,5)32-39/h19-26,33-34,39H,7-18,27-32H2,1-6H3/t33-,34-. The summed E-state index contributed by atoms with van der Waals surface area (Å²) in [7, 11) is 2.11. The third-order valence-electron chi connectivity index (χ3n) is 11.4. The Morgan fingerprint density at radius 2 is 1.31 bits per heavy atom. The monoisotopic (exact) mass is 719 g/mol. The van der Waals surface area contributed by atoms with Gasteiger partial charge in [0.2, 0.25) is 0 Å². The molecule has 2 aromatic carbocycles. The minimum atomic E-state index is -0.381. The maximum Gasteiger partial charge on any atom is 0.343 e. The van der Waals surface area contributed by atoms with E-state index in [1.165, 1.54) is 56.9 Å². The smallest absolute Gasteiger partial charge is 0.343 e. The molecule has 2 aliphatic rings. The predicted octanol–water partition coefficient (Wildman–Crippen LogP) is 10.2. The van der Waals surface area contributed by atoms with Gasteiger partial charge in [0.1, 0.15) is 17.6 Å². The van der Waals surface area contributed by atoms with Crippen molar-refractivity contribution in [1.82, 2.24) is 4.90 Å². The van der Waals surface area contributed by atoms with Gasteiger partial charge in [-0.3, -0.25) is 14.5 Å². The fourth-order valence-electron chi connectivity index (χ4n) is 7.95. The summed E-state index contributed by atoms with van der Waals surface area (Å²) in [5.74, 6) is 1.68. The number of benzene rings is 2. The number of unbranched alkanes of at least 4 members (excludes halogenated alkanes) is 5. The molecule has 0 bridgehead atoms. The molecular formula is C44H65NO7. The van der Waals surface area contributed by atoms with Crippen LogP contribution < -0.4 is 9.47 Å². The zero-order valence-electron chi connectivity index (χ0n) is 32.9. The maximum atomic E-state index is 12.8. The van der Waals surface area contributed by atoms with Gasteiger partial charge >= 0.3 is 17.9 Å². The summed E-state index contributed by atoms with van der Waals surface area (Å²) in [6.07, 6.45) is 15.5. The molecule has 1 saturated carbocycles. The Morgan fingerprint density at radius 3 is 1.94 bits per heavy atom. The number of rotatable bonds is 19. The lowest BCUT2D eigenvalue weighted by molar-refractivity contribution is -0.161. The Hall–Kier alpha value is -3.39. The second-order valence-electron chi connectivity index (χ2n) is 16.4. The first-order valence-corrected chi connectivity index (χ1v) is 20.0. The van der Waals surface area contributed by atoms with Crippen molar-refractivity contribution in [2.45, 2.75) is 160 Å². The molecule has 288 valence electrons. The topological polar surface area (TPSA) is 91.4 Å². The number of piperidine rings is 1. The highest BCUT2D eigenvalue weighted by atomic mass is 16.5. The summed E-state index contributed by atoms with van der Waals surface area (Å²) < 4.78 is 22.6. The molecule has 4 rings (SSSR count). The summed E-state index contributed by atoms with van der Waals surface area (Å²) in [6, 6.07) is 15.1. The van der Waals surface area contributed by atoms with E-state index in [1.54, 1.807) is 24.3 Å². The third-order valence-corrected chi connectivity index (χ3v) is 11.4. The van der Waals surface area contributed by atoms with Crippen LogP contribution in [-0.4, -0.2) is 60.3 Å². The number of carbonyl (C=O) groups excluding carboxylic acids is 3. The van der Waals surface area contributed by atoms with Gasteiger partial charge in [-0.2, -0.15) is 0 Å². The highest BCUT2D eigenvalue weighted by Gasteiger charge is 2.44. The molecule has 0 spiro atoms. The first-order valence-electron chi connectivity index (χ1n) is 20.0. The molecule has 8 heteroatoms. The predicted molar refractivity (Wildman–Crippen MR) is 206 cm³/mol. The van der Waals surface area contributed by atoms with Crippen molar-refractivity contribution in [3.63, 3.8) is 0 Å². The second kappa shape index (κ2) is 20.2. The summed E-state index contributed by atoms with van der Waals surface area (Å²) in [5.41, 5.74) is 1.69. The van der Waals surface area contributed by atoms with Crippen LogP contribution in [0, 0.1) is 5.92 Å². The first-order chi connectivity index (χ1) is 24.9. The van der Waals surface area contributed by atoms with Crippen LogP contribution in [0.25, 0.3) is 0 Å². The molecule has 0 aromatic heterocycles. The van der Waals surface area contributed by atoms with Crippen LogP contribution in [0.5, 0.6) is 11.5 Å². The van der Waals surface area contributed by atoms with Crippen molar-refractivity contribution in [3.8, 4) is 11.5 Å². The summed E-state index contributed by atoms with van der Waals surface area (Å²) in [6.45, 7) is 11.8. The second-order valence-corrected chi connectivity index (χ2v) is 16.4. The number of nitrogens with zero attached hydrogens (tertiary/aromatic N) is 1. The quantitative estimate of drug-likeness (QED) is 0.0805. The van der Waals surface area contributed by atoms with Crippen LogP contribution in [0.4, 0.5) is 0 Å². The number of ether oxygens (including phenoxy) is 4. The third kappa shape index (κ3) is 13.2. The molecule has 0 unspecified atom stereocenters. The van der Waals surface area contributed by atoms with E-state index in [0.717, 1.165) is 44.4 Å². The minimum Gasteiger partial charge on any atom is -0.494 e. The summed E-state index contributed by atoms with van der Waals surface area (Å²) in [4.78, 5) is 39.7. The molecule has 0 amide bonds. The number of hydrogen-bond donors (Lipinski definition) is 0. The SMILES string of the molecule is CCCCC[C@H]1CC[C@H](c2ccc(OC(=O)c3ccc(OCCCCCCOC(=O)CCC(=O)OC4CC(C)(C)N(C)C(C)(C)C4)cc3)cc2)CC1. The lowest BCUT2D eigenvalue weighted by atomic mass is 9.77. The highest BCUT2D eigenvalue weighted by molar-refractivity contribution is 5.91. The van der Waals surface area contributed by atoms with E-state index in [0.29, 0.717) is 36.2 Å². The van der Waals surface area contributed by atoms with Crippen LogP contribution in [0.1, 0.15) is 159 Å². The Labute approximate surface area is 313 Å². The number of carbonyl (C=O) groups is 3. The van der Waals surface area contributed by atoms with Crippen LogP contribution in [0.15, 0.2) is 48.5 Å². The molecule has 1 aliphatic heterocycles. The molecule has 0 atom stereocenters. The van der Waals surface area contributed by atoms with E-state index in [2.05, 4.69) is 58.7 Å². The summed E-state index contributed by atoms with van der Waals surface area (Å²) >= 11 is 0. The average molecular weight is 720 g/mol. The Balaban J connectivity index is 1.02. The van der Waals surface area contributed by atoms with Gasteiger partial charge in [-0.1, -0.05) is 44.7 Å². The molecule has 0 radical (unpaired) electrons. The maximum absolute atomic E-state index is 12.8. The molecule has 1 heterocycles. The molecular weight excluding hydrogens is 654 g/mol. The first kappa shape index (κ1) is 41.4. The highest BCUT2D eigenvalue weighted by Crippen LogP contribution is 2.39. The average Bonchev–Trinajstić information content (AvgIpc) is 3.11. The number of hydrogen-bond acceptors (Lipinski definition) is 8. The Bertz CT molecular complexity index is 1370. The summed E-state index contributed by atoms with van der Waals surface area (Å²) in [5, 5.41) is 0. The van der Waals surface area contributed by atoms with Gasteiger partial charge in [-0.05, 0) is 140 Å². The van der Waals surface area contributed by atoms with Gasteiger partial charge in [-0.25, -0.2) is 4.79 Å². The van der Waals surface area contributed by atoms with E-state index in [9.17, 15) is 14.4 Å². The van der Waals surface area contributed by atoms with E-state index in [4.69, 9.17) is 18.9 Å². The fourth-order valence-corrected chi connectivity index (χ4v) is 7.95. The molecule has 1 aliphatic carbocycles. The molecule has 2 fully saturated rings. The molecule has 52 heavy (non-hydrogen) atoms. The van der Waals surface area contributed by atoms with Crippen LogP contribution >= 0.6 is 0 Å². The zero-order valence-corrected chi connectivity index (χ0v) is 32.9. The van der Waals surface area contributed by atoms with Crippen LogP contribution in [-0.2, 0) is 19.1 Å². The normalized spacial score (nSPS) is 20.2. The van der Waals surface area contributed by atoms with Crippen molar-refractivity contribution in [1.29, 1.82) is 0 Å². The minimum absolute atomic E-state index is 0.0375. The molecule has 8 nitrogen and oxygen atoms in total. The van der Waals surface area contributed by atoms with Gasteiger partial charge in [0.05, 0.1) is 31.6 Å². The van der Waals surface area contributed by atoms with E-state index in [-0.39, 0.29) is 47.9 Å². The molecule has 0 N–H and O–H groups in total. The molecule has 1 saturated heterocycles. The Kier molecular flexibility index (Phi) is 16.0. The van der Waals surface area contributed by atoms with Crippen molar-refractivity contribution in [2.75, 3.05) is 20.3 Å². The van der Waals surface area contributed by atoms with Crippen LogP contribution in [0.3, 0.4) is 0 Å². The fraction of sp³-hybridized carbons (Fsp3) is 0.659. The van der Waals surface area contributed by atoms with E-state index in [1.807, 2.05) is 12.1 Å². The van der Waals surface area contributed by atoms with Gasteiger partial charge in [0, 0.05) is 23.9 Å². The number of likely N-dealkylation sites (tertiary alicyclic amines) is 1. The van der Waals surface area contributed by atoms with Crippen molar-refractivity contribution < 1.29 is 33.3 Å². The Morgan fingerprint density at radius 1 is 0.712 bits per heavy atom. The van der Waals surface area contributed by atoms with Crippen molar-refractivity contribution in [2.24, 2.45) is 5.92 Å². The van der Waals surface area contributed by atoms with Gasteiger partial charge < -0.3 is 18.9 Å². The van der Waals surface area contributed by atoms with E-state index < -0.39 is 0 Å². The van der Waals surface area contributed by atoms with E-state index >= 15 is 0 Å². The number of esters is 3. The van der Waals surface area contributed by atoms with Crippen LogP contribution in [0.2, 0.25) is 0 Å². The lowest BCUT2D eigenvalue weighted by Gasteiger charge is -2.53. The largest absolute Gasteiger partial charge is 0.494 e. The lowest BCUT2D eigenvalue weighted by Crippen LogP contribution is -2.60. The van der Waals surface area contributed by atoms with Gasteiger partial charge in [0.15, 0.2) is 0 Å².